The highest BCUT2D eigenvalue weighted by Crippen LogP contribution is 2.21. The Labute approximate surface area is 149 Å². The Hall–Kier alpha value is -2.31. The van der Waals surface area contributed by atoms with E-state index < -0.39 is 0 Å². The number of anilines is 1. The van der Waals surface area contributed by atoms with E-state index in [1.165, 1.54) is 0 Å². The molecule has 2 N–H and O–H groups in total. The normalized spacial score (nSPS) is 12.9. The van der Waals surface area contributed by atoms with E-state index in [0.29, 0.717) is 12.2 Å². The standard InChI is InChI=1S/C18H29N5O2/c1-11(8-15-12(2)22-25-13(15)3)19-17(24)20-16-9-14(21-23(16)7)10-18(4,5)6/h9,11H,8,10H2,1-7H3,(H2,19,20,24)/t11-/m0/s1. The lowest BCUT2D eigenvalue weighted by Crippen LogP contribution is -2.37. The molecule has 0 unspecified atom stereocenters. The van der Waals surface area contributed by atoms with Crippen LogP contribution in [0.2, 0.25) is 0 Å². The van der Waals surface area contributed by atoms with Gasteiger partial charge in [0.15, 0.2) is 0 Å². The van der Waals surface area contributed by atoms with E-state index in [1.807, 2.05) is 33.9 Å². The summed E-state index contributed by atoms with van der Waals surface area (Å²) in [5.41, 5.74) is 3.02. The second-order valence-corrected chi connectivity index (χ2v) is 7.89. The molecule has 7 heteroatoms. The Kier molecular flexibility index (Phi) is 5.55. The van der Waals surface area contributed by atoms with Crippen molar-refractivity contribution in [2.24, 2.45) is 12.5 Å². The van der Waals surface area contributed by atoms with Crippen LogP contribution in [0.15, 0.2) is 10.6 Å². The Balaban J connectivity index is 1.94. The van der Waals surface area contributed by atoms with Crippen LogP contribution in [0.4, 0.5) is 10.6 Å². The molecular formula is C18H29N5O2. The van der Waals surface area contributed by atoms with E-state index in [4.69, 9.17) is 4.52 Å². The average molecular weight is 347 g/mol. The number of hydrogen-bond donors (Lipinski definition) is 2. The summed E-state index contributed by atoms with van der Waals surface area (Å²) in [5.74, 6) is 1.48. The number of carbonyl (C=O) groups is 1. The fourth-order valence-electron chi connectivity index (χ4n) is 2.80. The van der Waals surface area contributed by atoms with Crippen LogP contribution in [0.25, 0.3) is 0 Å². The van der Waals surface area contributed by atoms with E-state index in [1.54, 1.807) is 4.68 Å². The molecule has 0 bridgehead atoms. The van der Waals surface area contributed by atoms with Crippen LogP contribution in [0.1, 0.15) is 50.4 Å². The molecular weight excluding hydrogens is 318 g/mol. The minimum atomic E-state index is -0.246. The lowest BCUT2D eigenvalue weighted by atomic mass is 9.91. The molecule has 0 spiro atoms. The second kappa shape index (κ2) is 7.29. The maximum absolute atomic E-state index is 12.3. The molecule has 138 valence electrons. The molecule has 0 aliphatic carbocycles. The number of hydrogen-bond acceptors (Lipinski definition) is 4. The third-order valence-corrected chi connectivity index (χ3v) is 3.95. The van der Waals surface area contributed by atoms with E-state index in [2.05, 4.69) is 41.7 Å². The zero-order valence-corrected chi connectivity index (χ0v) is 16.2. The number of rotatable bonds is 5. The summed E-state index contributed by atoms with van der Waals surface area (Å²) in [5, 5.41) is 14.2. The molecule has 0 fully saturated rings. The first-order chi connectivity index (χ1) is 11.5. The minimum absolute atomic E-state index is 0.0425. The largest absolute Gasteiger partial charge is 0.361 e. The molecule has 0 aliphatic heterocycles. The molecule has 2 rings (SSSR count). The fourth-order valence-corrected chi connectivity index (χ4v) is 2.80. The predicted octanol–water partition coefficient (Wildman–Crippen LogP) is 3.37. The SMILES string of the molecule is Cc1noc(C)c1C[C@H](C)NC(=O)Nc1cc(CC(C)(C)C)nn1C. The van der Waals surface area contributed by atoms with Gasteiger partial charge < -0.3 is 9.84 Å². The average Bonchev–Trinajstić information content (AvgIpc) is 2.93. The molecule has 1 atom stereocenters. The van der Waals surface area contributed by atoms with Crippen molar-refractivity contribution in [2.75, 3.05) is 5.32 Å². The zero-order valence-electron chi connectivity index (χ0n) is 16.2. The van der Waals surface area contributed by atoms with Crippen molar-refractivity contribution < 1.29 is 9.32 Å². The number of carbonyl (C=O) groups excluding carboxylic acids is 1. The Bertz CT molecular complexity index is 720. The van der Waals surface area contributed by atoms with Gasteiger partial charge in [-0.25, -0.2) is 4.79 Å². The number of nitrogens with zero attached hydrogens (tertiary/aromatic N) is 3. The van der Waals surface area contributed by atoms with E-state index in [-0.39, 0.29) is 17.5 Å². The van der Waals surface area contributed by atoms with Crippen LogP contribution in [-0.2, 0) is 19.9 Å². The van der Waals surface area contributed by atoms with Crippen LogP contribution in [0.5, 0.6) is 0 Å². The van der Waals surface area contributed by atoms with Gasteiger partial charge in [0.2, 0.25) is 0 Å². The summed E-state index contributed by atoms with van der Waals surface area (Å²) in [6, 6.07) is 1.63. The van der Waals surface area contributed by atoms with Gasteiger partial charge in [0, 0.05) is 24.7 Å². The second-order valence-electron chi connectivity index (χ2n) is 7.89. The van der Waals surface area contributed by atoms with Gasteiger partial charge in [-0.3, -0.25) is 10.00 Å². The van der Waals surface area contributed by atoms with Crippen molar-refractivity contribution >= 4 is 11.8 Å². The molecule has 7 nitrogen and oxygen atoms in total. The van der Waals surface area contributed by atoms with Gasteiger partial charge in [-0.2, -0.15) is 5.10 Å². The smallest absolute Gasteiger partial charge is 0.320 e. The molecule has 2 aromatic rings. The van der Waals surface area contributed by atoms with Crippen molar-refractivity contribution in [3.63, 3.8) is 0 Å². The highest BCUT2D eigenvalue weighted by Gasteiger charge is 2.17. The highest BCUT2D eigenvalue weighted by atomic mass is 16.5. The van der Waals surface area contributed by atoms with Gasteiger partial charge in [-0.15, -0.1) is 0 Å². The van der Waals surface area contributed by atoms with E-state index in [0.717, 1.165) is 29.1 Å². The molecule has 0 saturated carbocycles. The summed E-state index contributed by atoms with van der Waals surface area (Å²) < 4.78 is 6.86. The van der Waals surface area contributed by atoms with Crippen LogP contribution < -0.4 is 10.6 Å². The molecule has 25 heavy (non-hydrogen) atoms. The zero-order chi connectivity index (χ0) is 18.8. The fraction of sp³-hybridized carbons (Fsp3) is 0.611. The third-order valence-electron chi connectivity index (χ3n) is 3.95. The lowest BCUT2D eigenvalue weighted by molar-refractivity contribution is 0.249. The molecule has 2 amide bonds. The summed E-state index contributed by atoms with van der Waals surface area (Å²) in [6.45, 7) is 12.2. The van der Waals surface area contributed by atoms with Gasteiger partial charge in [0.1, 0.15) is 11.6 Å². The quantitative estimate of drug-likeness (QED) is 0.868. The monoisotopic (exact) mass is 347 g/mol. The van der Waals surface area contributed by atoms with E-state index >= 15 is 0 Å². The van der Waals surface area contributed by atoms with E-state index in [9.17, 15) is 4.79 Å². The number of urea groups is 1. The number of aromatic nitrogens is 3. The first-order valence-corrected chi connectivity index (χ1v) is 8.57. The summed E-state index contributed by atoms with van der Waals surface area (Å²) >= 11 is 0. The topological polar surface area (TPSA) is 85.0 Å². The van der Waals surface area contributed by atoms with Crippen LogP contribution in [0.3, 0.4) is 0 Å². The Morgan fingerprint density at radius 1 is 1.36 bits per heavy atom. The highest BCUT2D eigenvalue weighted by molar-refractivity contribution is 5.88. The van der Waals surface area contributed by atoms with Crippen LogP contribution in [-0.4, -0.2) is 27.0 Å². The molecule has 0 aromatic carbocycles. The Morgan fingerprint density at radius 2 is 2.04 bits per heavy atom. The van der Waals surface area contributed by atoms with Crippen molar-refractivity contribution in [3.8, 4) is 0 Å². The third kappa shape index (κ3) is 5.34. The Morgan fingerprint density at radius 3 is 2.60 bits per heavy atom. The van der Waals surface area contributed by atoms with Gasteiger partial charge in [-0.05, 0) is 39.0 Å². The summed E-state index contributed by atoms with van der Waals surface area (Å²) in [6.07, 6.45) is 1.53. The number of amides is 2. The minimum Gasteiger partial charge on any atom is -0.361 e. The summed E-state index contributed by atoms with van der Waals surface area (Å²) in [7, 11) is 1.83. The molecule has 0 radical (unpaired) electrons. The first-order valence-electron chi connectivity index (χ1n) is 8.57. The molecule has 2 heterocycles. The van der Waals surface area contributed by atoms with Crippen molar-refractivity contribution in [1.82, 2.24) is 20.3 Å². The maximum atomic E-state index is 12.3. The molecule has 0 saturated heterocycles. The summed E-state index contributed by atoms with van der Waals surface area (Å²) in [4.78, 5) is 12.3. The molecule has 2 aromatic heterocycles. The van der Waals surface area contributed by atoms with Gasteiger partial charge >= 0.3 is 6.03 Å². The van der Waals surface area contributed by atoms with Crippen LogP contribution in [0, 0.1) is 19.3 Å². The van der Waals surface area contributed by atoms with Crippen molar-refractivity contribution in [2.45, 2.75) is 60.4 Å². The number of nitrogens with one attached hydrogen (secondary N) is 2. The van der Waals surface area contributed by atoms with Gasteiger partial charge in [0.05, 0.1) is 11.4 Å². The van der Waals surface area contributed by atoms with Gasteiger partial charge in [-0.1, -0.05) is 25.9 Å². The maximum Gasteiger partial charge on any atom is 0.320 e. The van der Waals surface area contributed by atoms with Crippen molar-refractivity contribution in [3.05, 3.63) is 28.8 Å². The molecule has 0 aliphatic rings. The van der Waals surface area contributed by atoms with Gasteiger partial charge in [0.25, 0.3) is 0 Å². The lowest BCUT2D eigenvalue weighted by Gasteiger charge is -2.15. The van der Waals surface area contributed by atoms with Crippen LogP contribution >= 0.6 is 0 Å². The first kappa shape index (κ1) is 19.0. The van der Waals surface area contributed by atoms with Crippen molar-refractivity contribution in [1.29, 1.82) is 0 Å². The predicted molar refractivity (Wildman–Crippen MR) is 97.7 cm³/mol. The number of aryl methyl sites for hydroxylation is 3.